The van der Waals surface area contributed by atoms with Gasteiger partial charge in [-0.25, -0.2) is 14.8 Å². The predicted molar refractivity (Wildman–Crippen MR) is 74.4 cm³/mol. The highest BCUT2D eigenvalue weighted by molar-refractivity contribution is 6.13. The molecule has 0 aliphatic carbocycles. The van der Waals surface area contributed by atoms with E-state index in [4.69, 9.17) is 4.74 Å². The quantitative estimate of drug-likeness (QED) is 0.811. The fourth-order valence-corrected chi connectivity index (χ4v) is 1.81. The third kappa shape index (κ3) is 3.49. The number of carbonyl (C=O) groups excluding carboxylic acids is 1. The summed E-state index contributed by atoms with van der Waals surface area (Å²) < 4.78 is 4.90. The number of aromatic nitrogens is 2. The van der Waals surface area contributed by atoms with Crippen LogP contribution in [0.3, 0.4) is 0 Å². The van der Waals surface area contributed by atoms with Crippen molar-refractivity contribution in [3.05, 3.63) is 59.2 Å². The van der Waals surface area contributed by atoms with Crippen LogP contribution in [0.4, 0.5) is 0 Å². The van der Waals surface area contributed by atoms with Crippen LogP contribution in [0.1, 0.15) is 32.2 Å². The molecule has 0 aliphatic rings. The molecule has 0 saturated carbocycles. The van der Waals surface area contributed by atoms with Gasteiger partial charge in [0.05, 0.1) is 12.2 Å². The molecular formula is C15H14N2O4. The second kappa shape index (κ2) is 6.71. The first-order chi connectivity index (χ1) is 10.1. The molecule has 1 aromatic heterocycles. The van der Waals surface area contributed by atoms with Crippen molar-refractivity contribution in [3.8, 4) is 0 Å². The number of rotatable bonds is 6. The van der Waals surface area contributed by atoms with E-state index in [1.165, 1.54) is 13.3 Å². The molecule has 0 spiro atoms. The Hall–Kier alpha value is -2.60. The van der Waals surface area contributed by atoms with Gasteiger partial charge in [-0.3, -0.25) is 4.79 Å². The van der Waals surface area contributed by atoms with E-state index in [2.05, 4.69) is 9.97 Å². The van der Waals surface area contributed by atoms with Crippen LogP contribution in [0.15, 0.2) is 36.5 Å². The molecular weight excluding hydrogens is 272 g/mol. The number of carboxylic acids is 1. The van der Waals surface area contributed by atoms with Gasteiger partial charge in [0.1, 0.15) is 5.82 Å². The molecule has 0 aliphatic heterocycles. The van der Waals surface area contributed by atoms with Crippen molar-refractivity contribution in [2.24, 2.45) is 0 Å². The van der Waals surface area contributed by atoms with Gasteiger partial charge >= 0.3 is 5.97 Å². The first-order valence-electron chi connectivity index (χ1n) is 6.31. The molecule has 0 amide bonds. The summed E-state index contributed by atoms with van der Waals surface area (Å²) in [6, 6.07) is 8.43. The number of carboxylic acid groups (broad SMARTS) is 1. The highest BCUT2D eigenvalue weighted by Crippen LogP contribution is 2.13. The van der Waals surface area contributed by atoms with Gasteiger partial charge in [0, 0.05) is 25.3 Å². The number of hydrogen-bond donors (Lipinski definition) is 1. The minimum absolute atomic E-state index is 0.0186. The Labute approximate surface area is 121 Å². The molecule has 2 rings (SSSR count). The Bertz CT molecular complexity index is 656. The fourth-order valence-electron chi connectivity index (χ4n) is 1.81. The average Bonchev–Trinajstić information content (AvgIpc) is 2.52. The molecule has 0 saturated heterocycles. The lowest BCUT2D eigenvalue weighted by Gasteiger charge is -2.06. The van der Waals surface area contributed by atoms with Crippen molar-refractivity contribution in [1.82, 2.24) is 9.97 Å². The highest BCUT2D eigenvalue weighted by Gasteiger charge is 2.20. The van der Waals surface area contributed by atoms with E-state index in [1.807, 2.05) is 0 Å². The van der Waals surface area contributed by atoms with Crippen LogP contribution < -0.4 is 0 Å². The average molecular weight is 286 g/mol. The zero-order valence-corrected chi connectivity index (χ0v) is 11.4. The van der Waals surface area contributed by atoms with Crippen LogP contribution in [0, 0.1) is 0 Å². The molecule has 1 N–H and O–H groups in total. The number of ketones is 1. The van der Waals surface area contributed by atoms with Gasteiger partial charge in [-0.1, -0.05) is 30.3 Å². The Morgan fingerprint density at radius 2 is 1.95 bits per heavy atom. The van der Waals surface area contributed by atoms with Gasteiger partial charge in [0.2, 0.25) is 0 Å². The molecule has 1 heterocycles. The molecule has 0 unspecified atom stereocenters. The van der Waals surface area contributed by atoms with Crippen LogP contribution in [-0.2, 0) is 11.2 Å². The van der Waals surface area contributed by atoms with Crippen LogP contribution in [0.25, 0.3) is 0 Å². The number of hydrogen-bond acceptors (Lipinski definition) is 5. The summed E-state index contributed by atoms with van der Waals surface area (Å²) in [5, 5.41) is 9.24. The molecule has 108 valence electrons. The summed E-state index contributed by atoms with van der Waals surface area (Å²) in [7, 11) is 1.53. The van der Waals surface area contributed by atoms with Crippen molar-refractivity contribution in [3.63, 3.8) is 0 Å². The second-order valence-corrected chi connectivity index (χ2v) is 4.29. The van der Waals surface area contributed by atoms with E-state index in [-0.39, 0.29) is 11.3 Å². The Kier molecular flexibility index (Phi) is 4.73. The minimum atomic E-state index is -1.25. The number of nitrogens with zero attached hydrogens (tertiary/aromatic N) is 2. The lowest BCUT2D eigenvalue weighted by Crippen LogP contribution is -2.15. The van der Waals surface area contributed by atoms with E-state index in [1.54, 1.807) is 30.3 Å². The van der Waals surface area contributed by atoms with Crippen molar-refractivity contribution in [1.29, 1.82) is 0 Å². The van der Waals surface area contributed by atoms with Gasteiger partial charge in [-0.2, -0.15) is 0 Å². The van der Waals surface area contributed by atoms with E-state index in [9.17, 15) is 14.7 Å². The van der Waals surface area contributed by atoms with Crippen molar-refractivity contribution in [2.45, 2.75) is 6.42 Å². The summed E-state index contributed by atoms with van der Waals surface area (Å²) >= 11 is 0. The monoisotopic (exact) mass is 286 g/mol. The van der Waals surface area contributed by atoms with Crippen molar-refractivity contribution >= 4 is 11.8 Å². The van der Waals surface area contributed by atoms with Crippen LogP contribution in [0.2, 0.25) is 0 Å². The molecule has 6 heteroatoms. The standard InChI is InChI=1S/C15H14N2O4/c1-21-8-7-12-16-9-11(13(17-12)15(19)20)14(18)10-5-3-2-4-6-10/h2-6,9H,7-8H2,1H3,(H,19,20). The smallest absolute Gasteiger partial charge is 0.355 e. The molecule has 0 radical (unpaired) electrons. The topological polar surface area (TPSA) is 89.4 Å². The third-order valence-electron chi connectivity index (χ3n) is 2.85. The first kappa shape index (κ1) is 14.8. The number of ether oxygens (including phenoxy) is 1. The number of methoxy groups -OCH3 is 1. The maximum atomic E-state index is 12.3. The van der Waals surface area contributed by atoms with Gasteiger partial charge in [-0.05, 0) is 0 Å². The van der Waals surface area contributed by atoms with E-state index in [0.29, 0.717) is 24.4 Å². The number of carbonyl (C=O) groups is 2. The van der Waals surface area contributed by atoms with Gasteiger partial charge in [0.15, 0.2) is 11.5 Å². The largest absolute Gasteiger partial charge is 0.476 e. The Balaban J connectivity index is 2.39. The zero-order valence-electron chi connectivity index (χ0n) is 11.4. The SMILES string of the molecule is COCCc1ncc(C(=O)c2ccccc2)c(C(=O)O)n1. The summed E-state index contributed by atoms with van der Waals surface area (Å²) in [6.45, 7) is 0.380. The van der Waals surface area contributed by atoms with E-state index >= 15 is 0 Å². The summed E-state index contributed by atoms with van der Waals surface area (Å²) in [6.07, 6.45) is 1.65. The van der Waals surface area contributed by atoms with Crippen LogP contribution >= 0.6 is 0 Å². The van der Waals surface area contributed by atoms with Gasteiger partial charge in [-0.15, -0.1) is 0 Å². The normalized spacial score (nSPS) is 10.3. The zero-order chi connectivity index (χ0) is 15.2. The maximum absolute atomic E-state index is 12.3. The van der Waals surface area contributed by atoms with Crippen LogP contribution in [-0.4, -0.2) is 40.5 Å². The summed E-state index contributed by atoms with van der Waals surface area (Å²) in [4.78, 5) is 31.6. The number of aromatic carboxylic acids is 1. The maximum Gasteiger partial charge on any atom is 0.355 e. The lowest BCUT2D eigenvalue weighted by atomic mass is 10.0. The van der Waals surface area contributed by atoms with Gasteiger partial charge in [0.25, 0.3) is 0 Å². The molecule has 1 aromatic carbocycles. The molecule has 2 aromatic rings. The predicted octanol–water partition coefficient (Wildman–Crippen LogP) is 1.59. The molecule has 0 bridgehead atoms. The second-order valence-electron chi connectivity index (χ2n) is 4.29. The molecule has 0 atom stereocenters. The Morgan fingerprint density at radius 1 is 1.24 bits per heavy atom. The van der Waals surface area contributed by atoms with Gasteiger partial charge < -0.3 is 9.84 Å². The van der Waals surface area contributed by atoms with E-state index in [0.717, 1.165) is 0 Å². The van der Waals surface area contributed by atoms with Crippen molar-refractivity contribution < 1.29 is 19.4 Å². The molecule has 0 fully saturated rings. The van der Waals surface area contributed by atoms with E-state index < -0.39 is 11.8 Å². The fraction of sp³-hybridized carbons (Fsp3) is 0.200. The molecule has 6 nitrogen and oxygen atoms in total. The van der Waals surface area contributed by atoms with Crippen LogP contribution in [0.5, 0.6) is 0 Å². The molecule has 21 heavy (non-hydrogen) atoms. The minimum Gasteiger partial charge on any atom is -0.476 e. The summed E-state index contributed by atoms with van der Waals surface area (Å²) in [5.74, 6) is -1.33. The Morgan fingerprint density at radius 3 is 2.57 bits per heavy atom. The third-order valence-corrected chi connectivity index (χ3v) is 2.85. The highest BCUT2D eigenvalue weighted by atomic mass is 16.5. The summed E-state index contributed by atoms with van der Waals surface area (Å²) in [5.41, 5.74) is 0.0908. The van der Waals surface area contributed by atoms with Crippen molar-refractivity contribution in [2.75, 3.05) is 13.7 Å². The number of benzene rings is 1. The first-order valence-corrected chi connectivity index (χ1v) is 6.31. The lowest BCUT2D eigenvalue weighted by molar-refractivity contribution is 0.0685.